The Hall–Kier alpha value is -2.02. The molecule has 0 spiro atoms. The third-order valence-electron chi connectivity index (χ3n) is 2.54. The van der Waals surface area contributed by atoms with Crippen LogP contribution >= 0.6 is 0 Å². The van der Waals surface area contributed by atoms with E-state index in [1.807, 2.05) is 13.0 Å². The summed E-state index contributed by atoms with van der Waals surface area (Å²) < 4.78 is 0. The minimum Gasteiger partial charge on any atom is -0.508 e. The number of carbonyl (C=O) groups is 1. The van der Waals surface area contributed by atoms with E-state index in [4.69, 9.17) is 5.26 Å². The Morgan fingerprint density at radius 3 is 2.82 bits per heavy atom. The van der Waals surface area contributed by atoms with Crippen LogP contribution in [0.5, 0.6) is 5.75 Å². The van der Waals surface area contributed by atoms with Crippen LogP contribution in [0.15, 0.2) is 24.3 Å². The van der Waals surface area contributed by atoms with Gasteiger partial charge in [-0.3, -0.25) is 4.79 Å². The van der Waals surface area contributed by atoms with Crippen molar-refractivity contribution >= 4 is 5.91 Å². The summed E-state index contributed by atoms with van der Waals surface area (Å²) in [7, 11) is 0. The number of phenols is 1. The molecule has 1 atom stereocenters. The Bertz CT molecular complexity index is 424. The van der Waals surface area contributed by atoms with Gasteiger partial charge in [0, 0.05) is 11.6 Å². The lowest BCUT2D eigenvalue weighted by atomic mass is 10.1. The van der Waals surface area contributed by atoms with Crippen molar-refractivity contribution in [3.05, 3.63) is 29.8 Å². The van der Waals surface area contributed by atoms with E-state index in [9.17, 15) is 9.90 Å². The minimum atomic E-state index is -0.173. The van der Waals surface area contributed by atoms with E-state index in [1.54, 1.807) is 24.3 Å². The van der Waals surface area contributed by atoms with Crippen molar-refractivity contribution < 1.29 is 9.90 Å². The van der Waals surface area contributed by atoms with Crippen molar-refractivity contribution in [1.29, 1.82) is 5.26 Å². The fourth-order valence-electron chi connectivity index (χ4n) is 1.52. The van der Waals surface area contributed by atoms with Crippen LogP contribution in [0.4, 0.5) is 0 Å². The number of hydrogen-bond acceptors (Lipinski definition) is 3. The molecule has 0 saturated heterocycles. The molecule has 90 valence electrons. The van der Waals surface area contributed by atoms with Crippen molar-refractivity contribution in [3.63, 3.8) is 0 Å². The molecule has 0 saturated carbocycles. The van der Waals surface area contributed by atoms with E-state index >= 15 is 0 Å². The molecule has 4 nitrogen and oxygen atoms in total. The molecule has 1 unspecified atom stereocenters. The average molecular weight is 232 g/mol. The summed E-state index contributed by atoms with van der Waals surface area (Å²) in [4.78, 5) is 11.7. The van der Waals surface area contributed by atoms with E-state index < -0.39 is 0 Å². The SMILES string of the molecule is CCC(CC#N)NC(=O)Cc1ccccc1O. The van der Waals surface area contributed by atoms with Gasteiger partial charge in [0.15, 0.2) is 0 Å². The summed E-state index contributed by atoms with van der Waals surface area (Å²) in [6, 6.07) is 8.66. The normalized spacial score (nSPS) is 11.5. The molecule has 1 rings (SSSR count). The number of phenolic OH excluding ortho intramolecular Hbond substituents is 1. The minimum absolute atomic E-state index is 0.113. The van der Waals surface area contributed by atoms with Crippen LogP contribution in [0.2, 0.25) is 0 Å². The Kier molecular flexibility index (Phi) is 5.02. The monoisotopic (exact) mass is 232 g/mol. The first-order valence-corrected chi connectivity index (χ1v) is 5.60. The van der Waals surface area contributed by atoms with Crippen LogP contribution in [-0.4, -0.2) is 17.1 Å². The van der Waals surface area contributed by atoms with Crippen LogP contribution in [0, 0.1) is 11.3 Å². The van der Waals surface area contributed by atoms with Crippen molar-refractivity contribution in [3.8, 4) is 11.8 Å². The second-order valence-electron chi connectivity index (χ2n) is 3.84. The van der Waals surface area contributed by atoms with Gasteiger partial charge in [-0.2, -0.15) is 5.26 Å². The number of carbonyl (C=O) groups excluding carboxylic acids is 1. The first kappa shape index (κ1) is 13.0. The van der Waals surface area contributed by atoms with Crippen LogP contribution in [0.3, 0.4) is 0 Å². The summed E-state index contributed by atoms with van der Waals surface area (Å²) in [5.74, 6) is -0.0513. The number of benzene rings is 1. The maximum absolute atomic E-state index is 11.7. The maximum atomic E-state index is 11.7. The van der Waals surface area contributed by atoms with E-state index in [2.05, 4.69) is 5.32 Å². The quantitative estimate of drug-likeness (QED) is 0.812. The maximum Gasteiger partial charge on any atom is 0.224 e. The lowest BCUT2D eigenvalue weighted by Crippen LogP contribution is -2.35. The second-order valence-corrected chi connectivity index (χ2v) is 3.84. The smallest absolute Gasteiger partial charge is 0.224 e. The highest BCUT2D eigenvalue weighted by molar-refractivity contribution is 5.79. The summed E-state index contributed by atoms with van der Waals surface area (Å²) >= 11 is 0. The predicted octanol–water partition coefficient (Wildman–Crippen LogP) is 1.74. The molecule has 17 heavy (non-hydrogen) atoms. The van der Waals surface area contributed by atoms with Crippen LogP contribution in [0.25, 0.3) is 0 Å². The number of hydrogen-bond donors (Lipinski definition) is 2. The average Bonchev–Trinajstić information content (AvgIpc) is 2.31. The molecule has 0 fully saturated rings. The van der Waals surface area contributed by atoms with Gasteiger partial charge < -0.3 is 10.4 Å². The van der Waals surface area contributed by atoms with Gasteiger partial charge in [-0.15, -0.1) is 0 Å². The zero-order valence-electron chi connectivity index (χ0n) is 9.81. The van der Waals surface area contributed by atoms with Crippen molar-refractivity contribution in [1.82, 2.24) is 5.32 Å². The third kappa shape index (κ3) is 4.15. The largest absolute Gasteiger partial charge is 0.508 e. The molecule has 0 aliphatic rings. The number of nitriles is 1. The van der Waals surface area contributed by atoms with Gasteiger partial charge in [0.2, 0.25) is 5.91 Å². The number of aromatic hydroxyl groups is 1. The first-order chi connectivity index (χ1) is 8.17. The fourth-order valence-corrected chi connectivity index (χ4v) is 1.52. The molecule has 0 aromatic heterocycles. The molecule has 1 amide bonds. The summed E-state index contributed by atoms with van der Waals surface area (Å²) in [5, 5.41) is 20.9. The molecule has 1 aromatic rings. The molecule has 2 N–H and O–H groups in total. The van der Waals surface area contributed by atoms with Crippen LogP contribution < -0.4 is 5.32 Å². The predicted molar refractivity (Wildman–Crippen MR) is 64.3 cm³/mol. The van der Waals surface area contributed by atoms with Gasteiger partial charge in [0.05, 0.1) is 18.9 Å². The van der Waals surface area contributed by atoms with Crippen molar-refractivity contribution in [2.45, 2.75) is 32.2 Å². The number of rotatable bonds is 5. The third-order valence-corrected chi connectivity index (χ3v) is 2.54. The molecular formula is C13H16N2O2. The Morgan fingerprint density at radius 1 is 1.53 bits per heavy atom. The standard InChI is InChI=1S/C13H16N2O2/c1-2-11(7-8-14)15-13(17)9-10-5-3-4-6-12(10)16/h3-6,11,16H,2,7,9H2,1H3,(H,15,17). The Morgan fingerprint density at radius 2 is 2.24 bits per heavy atom. The van der Waals surface area contributed by atoms with E-state index in [0.717, 1.165) is 6.42 Å². The van der Waals surface area contributed by atoms with E-state index in [1.165, 1.54) is 0 Å². The van der Waals surface area contributed by atoms with Crippen LogP contribution in [-0.2, 0) is 11.2 Å². The lowest BCUT2D eigenvalue weighted by Gasteiger charge is -2.13. The topological polar surface area (TPSA) is 73.1 Å². The van der Waals surface area contributed by atoms with Crippen LogP contribution in [0.1, 0.15) is 25.3 Å². The highest BCUT2D eigenvalue weighted by atomic mass is 16.3. The fraction of sp³-hybridized carbons (Fsp3) is 0.385. The summed E-state index contributed by atoms with van der Waals surface area (Å²) in [6.07, 6.45) is 1.16. The molecule has 0 heterocycles. The molecule has 1 aromatic carbocycles. The zero-order chi connectivity index (χ0) is 12.7. The van der Waals surface area contributed by atoms with Gasteiger partial charge in [0.25, 0.3) is 0 Å². The van der Waals surface area contributed by atoms with Crippen molar-refractivity contribution in [2.75, 3.05) is 0 Å². The number of nitrogens with zero attached hydrogens (tertiary/aromatic N) is 1. The molecule has 0 bridgehead atoms. The van der Waals surface area contributed by atoms with E-state index in [-0.39, 0.29) is 24.1 Å². The molecule has 0 aliphatic heterocycles. The number of amides is 1. The molecule has 4 heteroatoms. The van der Waals surface area contributed by atoms with Gasteiger partial charge in [-0.25, -0.2) is 0 Å². The van der Waals surface area contributed by atoms with E-state index in [0.29, 0.717) is 12.0 Å². The summed E-state index contributed by atoms with van der Waals surface area (Å²) in [6.45, 7) is 1.92. The molecule has 0 aliphatic carbocycles. The molecular weight excluding hydrogens is 216 g/mol. The number of nitrogens with one attached hydrogen (secondary N) is 1. The summed E-state index contributed by atoms with van der Waals surface area (Å²) in [5.41, 5.74) is 0.594. The highest BCUT2D eigenvalue weighted by Gasteiger charge is 2.11. The zero-order valence-corrected chi connectivity index (χ0v) is 9.81. The van der Waals surface area contributed by atoms with Crippen molar-refractivity contribution in [2.24, 2.45) is 0 Å². The van der Waals surface area contributed by atoms with Gasteiger partial charge in [-0.1, -0.05) is 25.1 Å². The van der Waals surface area contributed by atoms with Gasteiger partial charge in [0.1, 0.15) is 5.75 Å². The second kappa shape index (κ2) is 6.54. The molecule has 0 radical (unpaired) electrons. The Balaban J connectivity index is 2.56. The Labute approximate surface area is 101 Å². The van der Waals surface area contributed by atoms with Gasteiger partial charge >= 0.3 is 0 Å². The van der Waals surface area contributed by atoms with Gasteiger partial charge in [-0.05, 0) is 12.5 Å². The lowest BCUT2D eigenvalue weighted by molar-refractivity contribution is -0.121. The number of para-hydroxylation sites is 1. The first-order valence-electron chi connectivity index (χ1n) is 5.60. The highest BCUT2D eigenvalue weighted by Crippen LogP contribution is 2.15.